The van der Waals surface area contributed by atoms with E-state index in [-0.39, 0.29) is 12.0 Å². The topological polar surface area (TPSA) is 92.4 Å². The van der Waals surface area contributed by atoms with E-state index in [1.165, 1.54) is 6.08 Å². The molecule has 0 aliphatic heterocycles. The predicted octanol–water partition coefficient (Wildman–Crippen LogP) is 0.686. The molecule has 1 saturated carbocycles. The molecule has 2 rings (SSSR count). The number of hydrogen-bond donors (Lipinski definition) is 3. The molecule has 0 spiro atoms. The summed E-state index contributed by atoms with van der Waals surface area (Å²) in [6, 6.07) is 6.70. The van der Waals surface area contributed by atoms with E-state index in [1.54, 1.807) is 30.3 Å². The van der Waals surface area contributed by atoms with Crippen LogP contribution in [0.1, 0.15) is 28.8 Å². The molecule has 20 heavy (non-hydrogen) atoms. The van der Waals surface area contributed by atoms with Gasteiger partial charge < -0.3 is 16.2 Å². The fraction of sp³-hybridized carbons (Fsp3) is 0.333. The lowest BCUT2D eigenvalue weighted by molar-refractivity contribution is -0.117. The van der Waals surface area contributed by atoms with Crippen LogP contribution >= 0.6 is 0 Å². The number of nitrogens with two attached hydrogens (primary N) is 1. The minimum atomic E-state index is -0.471. The third-order valence-corrected chi connectivity index (χ3v) is 3.40. The Bertz CT molecular complexity index is 516. The standard InChI is InChI=1S/C15H18N2O3/c16-15(20)12-4-1-10(2-5-12)3-6-14(19)17-9-11-7-13(18)8-11/h1-6,11,13,18H,7-9H2,(H2,16,20)(H,17,19). The zero-order chi connectivity index (χ0) is 14.5. The van der Waals surface area contributed by atoms with Crippen molar-refractivity contribution in [2.24, 2.45) is 11.7 Å². The summed E-state index contributed by atoms with van der Waals surface area (Å²) < 4.78 is 0. The maximum atomic E-state index is 11.6. The van der Waals surface area contributed by atoms with Crippen LogP contribution in [-0.4, -0.2) is 29.6 Å². The number of hydrogen-bond acceptors (Lipinski definition) is 3. The highest BCUT2D eigenvalue weighted by molar-refractivity contribution is 5.94. The van der Waals surface area contributed by atoms with Crippen LogP contribution in [0.3, 0.4) is 0 Å². The molecule has 0 heterocycles. The average Bonchev–Trinajstić information content (AvgIpc) is 2.40. The molecule has 0 radical (unpaired) electrons. The Hall–Kier alpha value is -2.14. The van der Waals surface area contributed by atoms with E-state index in [4.69, 9.17) is 10.8 Å². The predicted molar refractivity (Wildman–Crippen MR) is 75.7 cm³/mol. The maximum Gasteiger partial charge on any atom is 0.248 e. The van der Waals surface area contributed by atoms with Gasteiger partial charge in [0, 0.05) is 18.2 Å². The largest absolute Gasteiger partial charge is 0.393 e. The lowest BCUT2D eigenvalue weighted by atomic mass is 9.82. The number of benzene rings is 1. The molecule has 106 valence electrons. The fourth-order valence-electron chi connectivity index (χ4n) is 2.10. The van der Waals surface area contributed by atoms with E-state index in [9.17, 15) is 9.59 Å². The van der Waals surface area contributed by atoms with Crippen molar-refractivity contribution in [3.63, 3.8) is 0 Å². The second-order valence-corrected chi connectivity index (χ2v) is 5.06. The molecular weight excluding hydrogens is 256 g/mol. The van der Waals surface area contributed by atoms with Gasteiger partial charge in [0.05, 0.1) is 6.10 Å². The number of carbonyl (C=O) groups excluding carboxylic acids is 2. The Balaban J connectivity index is 1.79. The van der Waals surface area contributed by atoms with Gasteiger partial charge >= 0.3 is 0 Å². The first-order valence-corrected chi connectivity index (χ1v) is 6.58. The Kier molecular flexibility index (Phi) is 4.53. The summed E-state index contributed by atoms with van der Waals surface area (Å²) in [5, 5.41) is 11.9. The highest BCUT2D eigenvalue weighted by atomic mass is 16.3. The maximum absolute atomic E-state index is 11.6. The first-order valence-electron chi connectivity index (χ1n) is 6.58. The molecule has 0 atom stereocenters. The summed E-state index contributed by atoms with van der Waals surface area (Å²) in [4.78, 5) is 22.5. The first-order chi connectivity index (χ1) is 9.54. The number of amides is 2. The molecule has 5 nitrogen and oxygen atoms in total. The minimum absolute atomic E-state index is 0.162. The van der Waals surface area contributed by atoms with Gasteiger partial charge in [0.2, 0.25) is 11.8 Å². The molecule has 0 saturated heterocycles. The van der Waals surface area contributed by atoms with E-state index in [0.29, 0.717) is 18.0 Å². The molecule has 1 fully saturated rings. The van der Waals surface area contributed by atoms with Gasteiger partial charge in [0.25, 0.3) is 0 Å². The van der Waals surface area contributed by atoms with E-state index in [0.717, 1.165) is 18.4 Å². The van der Waals surface area contributed by atoms with Gasteiger partial charge in [-0.1, -0.05) is 12.1 Å². The molecule has 0 aromatic heterocycles. The van der Waals surface area contributed by atoms with Gasteiger partial charge in [-0.05, 0) is 42.5 Å². The SMILES string of the molecule is NC(=O)c1ccc(C=CC(=O)NCC2CC(O)C2)cc1. The Morgan fingerprint density at radius 1 is 1.30 bits per heavy atom. The number of nitrogens with one attached hydrogen (secondary N) is 1. The summed E-state index contributed by atoms with van der Waals surface area (Å²) in [6.45, 7) is 0.598. The van der Waals surface area contributed by atoms with Crippen LogP contribution in [0, 0.1) is 5.92 Å². The molecule has 1 aromatic carbocycles. The average molecular weight is 274 g/mol. The van der Waals surface area contributed by atoms with E-state index in [2.05, 4.69) is 5.32 Å². The third kappa shape index (κ3) is 3.93. The summed E-state index contributed by atoms with van der Waals surface area (Å²) in [5.74, 6) is -0.247. The minimum Gasteiger partial charge on any atom is -0.393 e. The molecule has 5 heteroatoms. The second-order valence-electron chi connectivity index (χ2n) is 5.06. The summed E-state index contributed by atoms with van der Waals surface area (Å²) in [7, 11) is 0. The van der Waals surface area contributed by atoms with Gasteiger partial charge in [0.1, 0.15) is 0 Å². The zero-order valence-electron chi connectivity index (χ0n) is 11.1. The molecule has 4 N–H and O–H groups in total. The van der Waals surface area contributed by atoms with Crippen LogP contribution < -0.4 is 11.1 Å². The van der Waals surface area contributed by atoms with Crippen LogP contribution in [0.25, 0.3) is 6.08 Å². The van der Waals surface area contributed by atoms with Crippen LogP contribution in [0.2, 0.25) is 0 Å². The molecule has 1 aromatic rings. The number of aliphatic hydroxyl groups is 1. The molecule has 1 aliphatic rings. The number of rotatable bonds is 5. The fourth-order valence-corrected chi connectivity index (χ4v) is 2.10. The molecule has 2 amide bonds. The van der Waals surface area contributed by atoms with Crippen LogP contribution in [0.15, 0.2) is 30.3 Å². The van der Waals surface area contributed by atoms with E-state index >= 15 is 0 Å². The normalized spacial score (nSPS) is 21.4. The first kappa shape index (κ1) is 14.3. The third-order valence-electron chi connectivity index (χ3n) is 3.40. The number of aliphatic hydroxyl groups excluding tert-OH is 1. The molecule has 0 unspecified atom stereocenters. The van der Waals surface area contributed by atoms with Gasteiger partial charge in [-0.3, -0.25) is 9.59 Å². The van der Waals surface area contributed by atoms with Gasteiger partial charge in [-0.15, -0.1) is 0 Å². The zero-order valence-corrected chi connectivity index (χ0v) is 11.1. The van der Waals surface area contributed by atoms with Crippen molar-refractivity contribution in [3.05, 3.63) is 41.5 Å². The van der Waals surface area contributed by atoms with Crippen LogP contribution in [-0.2, 0) is 4.79 Å². The van der Waals surface area contributed by atoms with Crippen molar-refractivity contribution in [1.29, 1.82) is 0 Å². The van der Waals surface area contributed by atoms with Crippen LogP contribution in [0.5, 0.6) is 0 Å². The van der Waals surface area contributed by atoms with Crippen molar-refractivity contribution in [2.75, 3.05) is 6.54 Å². The molecule has 1 aliphatic carbocycles. The highest BCUT2D eigenvalue weighted by Gasteiger charge is 2.26. The molecule has 0 bridgehead atoms. The Labute approximate surface area is 117 Å². The monoisotopic (exact) mass is 274 g/mol. The second kappa shape index (κ2) is 6.34. The van der Waals surface area contributed by atoms with Gasteiger partial charge in [-0.2, -0.15) is 0 Å². The highest BCUT2D eigenvalue weighted by Crippen LogP contribution is 2.25. The summed E-state index contributed by atoms with van der Waals surface area (Å²) in [6.07, 6.45) is 4.46. The number of primary amides is 1. The lowest BCUT2D eigenvalue weighted by Crippen LogP contribution is -2.37. The van der Waals surface area contributed by atoms with Gasteiger partial charge in [-0.25, -0.2) is 0 Å². The lowest BCUT2D eigenvalue weighted by Gasteiger charge is -2.31. The summed E-state index contributed by atoms with van der Waals surface area (Å²) >= 11 is 0. The van der Waals surface area contributed by atoms with Crippen molar-refractivity contribution in [2.45, 2.75) is 18.9 Å². The Morgan fingerprint density at radius 3 is 2.50 bits per heavy atom. The Morgan fingerprint density at radius 2 is 1.95 bits per heavy atom. The van der Waals surface area contributed by atoms with Crippen LogP contribution in [0.4, 0.5) is 0 Å². The quantitative estimate of drug-likeness (QED) is 0.690. The molecular formula is C15H18N2O3. The van der Waals surface area contributed by atoms with E-state index in [1.807, 2.05) is 0 Å². The van der Waals surface area contributed by atoms with Crippen molar-refractivity contribution >= 4 is 17.9 Å². The van der Waals surface area contributed by atoms with Crippen molar-refractivity contribution < 1.29 is 14.7 Å². The number of carbonyl (C=O) groups is 2. The van der Waals surface area contributed by atoms with E-state index < -0.39 is 5.91 Å². The summed E-state index contributed by atoms with van der Waals surface area (Å²) in [5.41, 5.74) is 6.41. The van der Waals surface area contributed by atoms with Gasteiger partial charge in [0.15, 0.2) is 0 Å². The van der Waals surface area contributed by atoms with Crippen molar-refractivity contribution in [3.8, 4) is 0 Å². The smallest absolute Gasteiger partial charge is 0.248 e. The van der Waals surface area contributed by atoms with Crippen molar-refractivity contribution in [1.82, 2.24) is 5.32 Å².